The summed E-state index contributed by atoms with van der Waals surface area (Å²) in [5.41, 5.74) is 4.43. The van der Waals surface area contributed by atoms with Crippen LogP contribution in [0.1, 0.15) is 16.7 Å². The van der Waals surface area contributed by atoms with E-state index < -0.39 is 0 Å². The smallest absolute Gasteiger partial charge is 0.0240 e. The van der Waals surface area contributed by atoms with Crippen LogP contribution in [-0.2, 0) is 19.5 Å². The van der Waals surface area contributed by atoms with E-state index >= 15 is 0 Å². The summed E-state index contributed by atoms with van der Waals surface area (Å²) in [5.74, 6) is 0. The molecule has 2 aromatic carbocycles. The van der Waals surface area contributed by atoms with Gasteiger partial charge in [0.15, 0.2) is 0 Å². The van der Waals surface area contributed by atoms with Crippen LogP contribution in [0.5, 0.6) is 0 Å². The quantitative estimate of drug-likeness (QED) is 0.745. The van der Waals surface area contributed by atoms with Gasteiger partial charge in [-0.1, -0.05) is 36.4 Å². The summed E-state index contributed by atoms with van der Waals surface area (Å²) in [5, 5.41) is 0. The van der Waals surface area contributed by atoms with E-state index in [0.717, 1.165) is 13.1 Å². The van der Waals surface area contributed by atoms with Crippen molar-refractivity contribution in [1.82, 2.24) is 4.90 Å². The van der Waals surface area contributed by atoms with Crippen LogP contribution in [0, 0.1) is 3.57 Å². The molecule has 2 aromatic rings. The Balaban J connectivity index is 1.71. The first-order valence-corrected chi connectivity index (χ1v) is 7.43. The van der Waals surface area contributed by atoms with Gasteiger partial charge < -0.3 is 0 Å². The molecule has 0 saturated heterocycles. The van der Waals surface area contributed by atoms with E-state index in [1.54, 1.807) is 0 Å². The van der Waals surface area contributed by atoms with Crippen LogP contribution in [0.25, 0.3) is 0 Å². The minimum absolute atomic E-state index is 1.06. The SMILES string of the molecule is Ic1ccc(CN2CCc3ccccc3C2)cc1. The number of fused-ring (bicyclic) bond motifs is 1. The minimum atomic E-state index is 1.06. The van der Waals surface area contributed by atoms with Gasteiger partial charge in [-0.15, -0.1) is 0 Å². The van der Waals surface area contributed by atoms with Gasteiger partial charge in [-0.3, -0.25) is 4.90 Å². The van der Waals surface area contributed by atoms with E-state index in [2.05, 4.69) is 76.0 Å². The second-order valence-corrected chi connectivity index (χ2v) is 6.10. The third kappa shape index (κ3) is 2.75. The van der Waals surface area contributed by atoms with Crippen molar-refractivity contribution in [3.05, 3.63) is 68.8 Å². The largest absolute Gasteiger partial charge is 0.294 e. The first-order chi connectivity index (χ1) is 8.81. The maximum atomic E-state index is 2.53. The van der Waals surface area contributed by atoms with Crippen molar-refractivity contribution in [2.45, 2.75) is 19.5 Å². The molecule has 2 heteroatoms. The van der Waals surface area contributed by atoms with Crippen LogP contribution in [0.2, 0.25) is 0 Å². The average molecular weight is 349 g/mol. The molecular formula is C16H16IN. The highest BCUT2D eigenvalue weighted by Gasteiger charge is 2.15. The number of hydrogen-bond acceptors (Lipinski definition) is 1. The van der Waals surface area contributed by atoms with Gasteiger partial charge in [0, 0.05) is 23.2 Å². The number of nitrogens with zero attached hydrogens (tertiary/aromatic N) is 1. The molecule has 0 N–H and O–H groups in total. The highest BCUT2D eigenvalue weighted by Crippen LogP contribution is 2.20. The molecule has 0 aliphatic carbocycles. The molecular weight excluding hydrogens is 333 g/mol. The van der Waals surface area contributed by atoms with E-state index in [1.165, 1.54) is 33.2 Å². The summed E-state index contributed by atoms with van der Waals surface area (Å²) in [7, 11) is 0. The molecule has 0 amide bonds. The number of halogens is 1. The second-order valence-electron chi connectivity index (χ2n) is 4.86. The van der Waals surface area contributed by atoms with Gasteiger partial charge in [0.1, 0.15) is 0 Å². The Hall–Kier alpha value is -0.870. The molecule has 1 nitrogen and oxygen atoms in total. The summed E-state index contributed by atoms with van der Waals surface area (Å²) in [4.78, 5) is 2.53. The molecule has 0 spiro atoms. The van der Waals surface area contributed by atoms with Crippen molar-refractivity contribution in [2.75, 3.05) is 6.54 Å². The zero-order valence-electron chi connectivity index (χ0n) is 10.3. The van der Waals surface area contributed by atoms with Gasteiger partial charge in [-0.05, 0) is 57.8 Å². The molecule has 0 atom stereocenters. The lowest BCUT2D eigenvalue weighted by Gasteiger charge is -2.28. The third-order valence-electron chi connectivity index (χ3n) is 3.53. The molecule has 1 aliphatic heterocycles. The molecule has 1 heterocycles. The summed E-state index contributed by atoms with van der Waals surface area (Å²) < 4.78 is 1.31. The lowest BCUT2D eigenvalue weighted by molar-refractivity contribution is 0.245. The standard InChI is InChI=1S/C16H16IN/c17-16-7-5-13(6-8-16)11-18-10-9-14-3-1-2-4-15(14)12-18/h1-8H,9-12H2. The molecule has 1 aliphatic rings. The summed E-state index contributed by atoms with van der Waals surface area (Å²) in [6.45, 7) is 3.32. The lowest BCUT2D eigenvalue weighted by atomic mass is 9.99. The number of benzene rings is 2. The average Bonchev–Trinajstić information content (AvgIpc) is 2.41. The summed E-state index contributed by atoms with van der Waals surface area (Å²) in [6.07, 6.45) is 1.18. The number of hydrogen-bond donors (Lipinski definition) is 0. The van der Waals surface area contributed by atoms with Crippen molar-refractivity contribution in [2.24, 2.45) is 0 Å². The maximum absolute atomic E-state index is 2.53. The Morgan fingerprint density at radius 3 is 2.44 bits per heavy atom. The van der Waals surface area contributed by atoms with Crippen molar-refractivity contribution in [3.63, 3.8) is 0 Å². The zero-order chi connectivity index (χ0) is 12.4. The van der Waals surface area contributed by atoms with Gasteiger partial charge in [0.2, 0.25) is 0 Å². The van der Waals surface area contributed by atoms with Gasteiger partial charge in [0.25, 0.3) is 0 Å². The van der Waals surface area contributed by atoms with Crippen molar-refractivity contribution in [1.29, 1.82) is 0 Å². The maximum Gasteiger partial charge on any atom is 0.0240 e. The van der Waals surface area contributed by atoms with Crippen LogP contribution < -0.4 is 0 Å². The fraction of sp³-hybridized carbons (Fsp3) is 0.250. The Bertz CT molecular complexity index is 533. The number of rotatable bonds is 2. The van der Waals surface area contributed by atoms with Gasteiger partial charge in [0.05, 0.1) is 0 Å². The van der Waals surface area contributed by atoms with Gasteiger partial charge in [-0.25, -0.2) is 0 Å². The monoisotopic (exact) mass is 349 g/mol. The molecule has 0 bridgehead atoms. The Morgan fingerprint density at radius 1 is 0.944 bits per heavy atom. The summed E-state index contributed by atoms with van der Waals surface area (Å²) >= 11 is 2.35. The molecule has 18 heavy (non-hydrogen) atoms. The fourth-order valence-electron chi connectivity index (χ4n) is 2.54. The van der Waals surface area contributed by atoms with E-state index in [9.17, 15) is 0 Å². The first kappa shape index (κ1) is 12.2. The predicted molar refractivity (Wildman–Crippen MR) is 83.4 cm³/mol. The lowest BCUT2D eigenvalue weighted by Crippen LogP contribution is -2.29. The molecule has 92 valence electrons. The summed E-state index contributed by atoms with van der Waals surface area (Å²) in [6, 6.07) is 17.7. The van der Waals surface area contributed by atoms with E-state index in [4.69, 9.17) is 0 Å². The highest BCUT2D eigenvalue weighted by atomic mass is 127. The normalized spacial score (nSPS) is 15.4. The van der Waals surface area contributed by atoms with Crippen molar-refractivity contribution < 1.29 is 0 Å². The first-order valence-electron chi connectivity index (χ1n) is 6.35. The Kier molecular flexibility index (Phi) is 3.66. The topological polar surface area (TPSA) is 3.24 Å². The highest BCUT2D eigenvalue weighted by molar-refractivity contribution is 14.1. The van der Waals surface area contributed by atoms with Crippen LogP contribution >= 0.6 is 22.6 Å². The molecule has 0 radical (unpaired) electrons. The van der Waals surface area contributed by atoms with E-state index in [1.807, 2.05) is 0 Å². The Labute approximate surface area is 122 Å². The third-order valence-corrected chi connectivity index (χ3v) is 4.25. The van der Waals surface area contributed by atoms with E-state index in [-0.39, 0.29) is 0 Å². The van der Waals surface area contributed by atoms with Crippen molar-refractivity contribution in [3.8, 4) is 0 Å². The van der Waals surface area contributed by atoms with Crippen LogP contribution in [0.3, 0.4) is 0 Å². The zero-order valence-corrected chi connectivity index (χ0v) is 12.4. The second kappa shape index (κ2) is 5.41. The molecule has 0 fully saturated rings. The minimum Gasteiger partial charge on any atom is -0.294 e. The van der Waals surface area contributed by atoms with Gasteiger partial charge in [-0.2, -0.15) is 0 Å². The van der Waals surface area contributed by atoms with E-state index in [0.29, 0.717) is 0 Å². The van der Waals surface area contributed by atoms with Gasteiger partial charge >= 0.3 is 0 Å². The fourth-order valence-corrected chi connectivity index (χ4v) is 2.90. The molecule has 3 rings (SSSR count). The Morgan fingerprint density at radius 2 is 1.67 bits per heavy atom. The van der Waals surface area contributed by atoms with Crippen molar-refractivity contribution >= 4 is 22.6 Å². The molecule has 0 aromatic heterocycles. The van der Waals surface area contributed by atoms with Crippen LogP contribution in [0.15, 0.2) is 48.5 Å². The predicted octanol–water partition coefficient (Wildman–Crippen LogP) is 3.85. The van der Waals surface area contributed by atoms with Crippen LogP contribution in [-0.4, -0.2) is 11.4 Å². The molecule has 0 unspecified atom stereocenters. The van der Waals surface area contributed by atoms with Crippen LogP contribution in [0.4, 0.5) is 0 Å². The molecule has 0 saturated carbocycles.